The zero-order valence-corrected chi connectivity index (χ0v) is 15.7. The molecule has 0 bridgehead atoms. The molecular formula is C21H23FN4O2. The molecule has 1 heterocycles. The lowest BCUT2D eigenvalue weighted by Crippen LogP contribution is -2.29. The van der Waals surface area contributed by atoms with Crippen molar-refractivity contribution >= 4 is 22.8 Å². The van der Waals surface area contributed by atoms with Gasteiger partial charge in [-0.25, -0.2) is 9.37 Å². The molecule has 28 heavy (non-hydrogen) atoms. The molecule has 0 saturated heterocycles. The minimum Gasteiger partial charge on any atom is -0.350 e. The summed E-state index contributed by atoms with van der Waals surface area (Å²) in [6.45, 7) is 2.61. The zero-order valence-electron chi connectivity index (χ0n) is 15.7. The minimum atomic E-state index is -0.310. The van der Waals surface area contributed by atoms with Gasteiger partial charge in [0.25, 0.3) is 0 Å². The van der Waals surface area contributed by atoms with Crippen molar-refractivity contribution in [1.29, 1.82) is 0 Å². The van der Waals surface area contributed by atoms with E-state index in [2.05, 4.69) is 15.6 Å². The highest BCUT2D eigenvalue weighted by Gasteiger charge is 2.14. The molecule has 0 fully saturated rings. The number of nitrogens with zero attached hydrogens (tertiary/aromatic N) is 2. The Morgan fingerprint density at radius 1 is 1.00 bits per heavy atom. The van der Waals surface area contributed by atoms with Gasteiger partial charge in [-0.15, -0.1) is 0 Å². The molecule has 0 aliphatic carbocycles. The van der Waals surface area contributed by atoms with Gasteiger partial charge in [-0.1, -0.05) is 31.2 Å². The monoisotopic (exact) mass is 382 g/mol. The van der Waals surface area contributed by atoms with Crippen LogP contribution in [-0.2, 0) is 29.2 Å². The number of carbonyl (C=O) groups excluding carboxylic acids is 2. The van der Waals surface area contributed by atoms with Crippen LogP contribution in [0.15, 0.2) is 48.5 Å². The van der Waals surface area contributed by atoms with Gasteiger partial charge in [0.2, 0.25) is 11.8 Å². The first-order chi connectivity index (χ1) is 13.6. The first-order valence-corrected chi connectivity index (χ1v) is 9.29. The first-order valence-electron chi connectivity index (χ1n) is 9.29. The molecular weight excluding hydrogens is 359 g/mol. The van der Waals surface area contributed by atoms with E-state index >= 15 is 0 Å². The molecule has 0 unspecified atom stereocenters. The maximum Gasteiger partial charge on any atom is 0.240 e. The fourth-order valence-electron chi connectivity index (χ4n) is 2.93. The van der Waals surface area contributed by atoms with Crippen LogP contribution in [-0.4, -0.2) is 21.4 Å². The number of hydrogen-bond acceptors (Lipinski definition) is 3. The number of benzene rings is 2. The average Bonchev–Trinajstić information content (AvgIpc) is 3.04. The van der Waals surface area contributed by atoms with E-state index in [1.807, 2.05) is 35.8 Å². The summed E-state index contributed by atoms with van der Waals surface area (Å²) in [6, 6.07) is 13.5. The standard InChI is InChI=1S/C21H23FN4O2/c1-2-5-20(27)24-13-19-25-17-6-3-4-7-18(17)26(19)14-21(28)23-12-15-8-10-16(22)11-9-15/h3-4,6-11H,2,5,12-14H2,1H3,(H,23,28)(H,24,27). The Hall–Kier alpha value is -3.22. The van der Waals surface area contributed by atoms with Crippen molar-refractivity contribution in [2.75, 3.05) is 0 Å². The van der Waals surface area contributed by atoms with Gasteiger partial charge in [0.1, 0.15) is 18.2 Å². The number of hydrogen-bond donors (Lipinski definition) is 2. The lowest BCUT2D eigenvalue weighted by Gasteiger charge is -2.11. The van der Waals surface area contributed by atoms with Gasteiger partial charge < -0.3 is 15.2 Å². The maximum atomic E-state index is 13.0. The van der Waals surface area contributed by atoms with Crippen LogP contribution in [0.2, 0.25) is 0 Å². The van der Waals surface area contributed by atoms with Crippen LogP contribution in [0.25, 0.3) is 11.0 Å². The predicted molar refractivity (Wildman–Crippen MR) is 105 cm³/mol. The number of carbonyl (C=O) groups is 2. The van der Waals surface area contributed by atoms with Crippen molar-refractivity contribution in [3.05, 3.63) is 65.7 Å². The maximum absolute atomic E-state index is 13.0. The summed E-state index contributed by atoms with van der Waals surface area (Å²) in [5, 5.41) is 5.68. The van der Waals surface area contributed by atoms with Gasteiger partial charge in [-0.3, -0.25) is 9.59 Å². The third-order valence-electron chi connectivity index (χ3n) is 4.36. The highest BCUT2D eigenvalue weighted by atomic mass is 19.1. The van der Waals surface area contributed by atoms with Crippen molar-refractivity contribution in [2.45, 2.75) is 39.4 Å². The summed E-state index contributed by atoms with van der Waals surface area (Å²) >= 11 is 0. The Kier molecular flexibility index (Phi) is 6.37. The molecule has 146 valence electrons. The molecule has 0 spiro atoms. The molecule has 2 amide bonds. The van der Waals surface area contributed by atoms with Crippen molar-refractivity contribution in [1.82, 2.24) is 20.2 Å². The highest BCUT2D eigenvalue weighted by molar-refractivity contribution is 5.81. The summed E-state index contributed by atoms with van der Waals surface area (Å²) in [5.41, 5.74) is 2.42. The van der Waals surface area contributed by atoms with Crippen molar-refractivity contribution in [3.8, 4) is 0 Å². The number of nitrogens with one attached hydrogen (secondary N) is 2. The Bertz CT molecular complexity index is 966. The summed E-state index contributed by atoms with van der Waals surface area (Å²) < 4.78 is 14.8. The molecule has 0 saturated carbocycles. The SMILES string of the molecule is CCCC(=O)NCc1nc2ccccc2n1CC(=O)NCc1ccc(F)cc1. The number of imidazole rings is 1. The van der Waals surface area contributed by atoms with E-state index in [4.69, 9.17) is 0 Å². The fourth-order valence-corrected chi connectivity index (χ4v) is 2.93. The van der Waals surface area contributed by atoms with Crippen LogP contribution in [0.1, 0.15) is 31.2 Å². The largest absolute Gasteiger partial charge is 0.350 e. The molecule has 0 aliphatic rings. The second kappa shape index (κ2) is 9.12. The fraction of sp³-hybridized carbons (Fsp3) is 0.286. The number of amides is 2. The Labute approximate surface area is 162 Å². The smallest absolute Gasteiger partial charge is 0.240 e. The molecule has 3 aromatic rings. The molecule has 3 rings (SSSR count). The van der Waals surface area contributed by atoms with Crippen LogP contribution in [0.3, 0.4) is 0 Å². The Balaban J connectivity index is 1.71. The topological polar surface area (TPSA) is 76.0 Å². The van der Waals surface area contributed by atoms with Crippen molar-refractivity contribution in [2.24, 2.45) is 0 Å². The summed E-state index contributed by atoms with van der Waals surface area (Å²) in [5.74, 6) is 0.0905. The summed E-state index contributed by atoms with van der Waals surface area (Å²) in [6.07, 6.45) is 1.23. The van der Waals surface area contributed by atoms with E-state index in [-0.39, 0.29) is 30.7 Å². The van der Waals surface area contributed by atoms with Gasteiger partial charge in [0, 0.05) is 13.0 Å². The second-order valence-corrected chi connectivity index (χ2v) is 6.53. The van der Waals surface area contributed by atoms with E-state index in [0.29, 0.717) is 18.8 Å². The third-order valence-corrected chi connectivity index (χ3v) is 4.36. The molecule has 1 aromatic heterocycles. The predicted octanol–water partition coefficient (Wildman–Crippen LogP) is 2.91. The second-order valence-electron chi connectivity index (χ2n) is 6.53. The molecule has 0 aliphatic heterocycles. The van der Waals surface area contributed by atoms with Gasteiger partial charge in [0.15, 0.2) is 0 Å². The van der Waals surface area contributed by atoms with Crippen LogP contribution >= 0.6 is 0 Å². The third kappa shape index (κ3) is 4.94. The number of para-hydroxylation sites is 2. The van der Waals surface area contributed by atoms with Gasteiger partial charge >= 0.3 is 0 Å². The normalized spacial score (nSPS) is 10.8. The molecule has 2 aromatic carbocycles. The van der Waals surface area contributed by atoms with E-state index in [0.717, 1.165) is 23.0 Å². The Morgan fingerprint density at radius 3 is 2.46 bits per heavy atom. The molecule has 0 atom stereocenters. The summed E-state index contributed by atoms with van der Waals surface area (Å²) in [4.78, 5) is 28.8. The lowest BCUT2D eigenvalue weighted by atomic mass is 10.2. The van der Waals surface area contributed by atoms with E-state index in [9.17, 15) is 14.0 Å². The molecule has 0 radical (unpaired) electrons. The number of rotatable bonds is 8. The van der Waals surface area contributed by atoms with E-state index < -0.39 is 0 Å². The summed E-state index contributed by atoms with van der Waals surface area (Å²) in [7, 11) is 0. The number of aromatic nitrogens is 2. The minimum absolute atomic E-state index is 0.0399. The van der Waals surface area contributed by atoms with E-state index in [1.54, 1.807) is 12.1 Å². The van der Waals surface area contributed by atoms with Crippen LogP contribution in [0, 0.1) is 5.82 Å². The van der Waals surface area contributed by atoms with Gasteiger partial charge in [-0.2, -0.15) is 0 Å². The Morgan fingerprint density at radius 2 is 1.71 bits per heavy atom. The lowest BCUT2D eigenvalue weighted by molar-refractivity contribution is -0.122. The van der Waals surface area contributed by atoms with E-state index in [1.165, 1.54) is 12.1 Å². The average molecular weight is 382 g/mol. The van der Waals surface area contributed by atoms with Gasteiger partial charge in [0.05, 0.1) is 17.6 Å². The number of halogens is 1. The number of fused-ring (bicyclic) bond motifs is 1. The van der Waals surface area contributed by atoms with Gasteiger partial charge in [-0.05, 0) is 36.2 Å². The van der Waals surface area contributed by atoms with Crippen LogP contribution in [0.4, 0.5) is 4.39 Å². The highest BCUT2D eigenvalue weighted by Crippen LogP contribution is 2.16. The molecule has 2 N–H and O–H groups in total. The molecule has 7 heteroatoms. The quantitative estimate of drug-likeness (QED) is 0.629. The van der Waals surface area contributed by atoms with Crippen LogP contribution < -0.4 is 10.6 Å². The molecule has 6 nitrogen and oxygen atoms in total. The first kappa shape index (κ1) is 19.5. The van der Waals surface area contributed by atoms with Crippen LogP contribution in [0.5, 0.6) is 0 Å². The van der Waals surface area contributed by atoms with Crippen molar-refractivity contribution in [3.63, 3.8) is 0 Å². The zero-order chi connectivity index (χ0) is 19.9. The van der Waals surface area contributed by atoms with Crippen molar-refractivity contribution < 1.29 is 14.0 Å².